The molecule has 136 valence electrons. The standard InChI is InChI=1S/C22H20N2O2S/c1-15-6-3-8-17(12-15)21(25)24-20(14-19-10-5-11-27-19)22(26)23-18-9-4-7-16(2)13-18/h3-14H,1-2H3,(H,23,26)(H,24,25)/b20-14-. The molecule has 2 N–H and O–H groups in total. The lowest BCUT2D eigenvalue weighted by Crippen LogP contribution is -2.30. The first-order valence-corrected chi connectivity index (χ1v) is 9.40. The van der Waals surface area contributed by atoms with Gasteiger partial charge in [0, 0.05) is 16.1 Å². The Bertz CT molecular complexity index is 991. The lowest BCUT2D eigenvalue weighted by Gasteiger charge is -2.11. The second kappa shape index (κ2) is 8.47. The van der Waals surface area contributed by atoms with Crippen LogP contribution >= 0.6 is 11.3 Å². The number of hydrogen-bond donors (Lipinski definition) is 2. The van der Waals surface area contributed by atoms with Crippen molar-refractivity contribution in [3.05, 3.63) is 93.3 Å². The minimum Gasteiger partial charge on any atom is -0.321 e. The molecule has 1 heterocycles. The molecule has 0 fully saturated rings. The minimum atomic E-state index is -0.366. The third-order valence-electron chi connectivity index (χ3n) is 3.88. The molecule has 0 unspecified atom stereocenters. The second-order valence-corrected chi connectivity index (χ2v) is 7.20. The Kier molecular flexibility index (Phi) is 5.84. The summed E-state index contributed by atoms with van der Waals surface area (Å²) in [4.78, 5) is 26.3. The SMILES string of the molecule is Cc1cccc(NC(=O)/C(=C/c2cccs2)NC(=O)c2cccc(C)c2)c1. The number of carbonyl (C=O) groups excluding carboxylic acids is 2. The van der Waals surface area contributed by atoms with Gasteiger partial charge in [-0.3, -0.25) is 9.59 Å². The van der Waals surface area contributed by atoms with E-state index < -0.39 is 0 Å². The monoisotopic (exact) mass is 376 g/mol. The van der Waals surface area contributed by atoms with Gasteiger partial charge in [0.25, 0.3) is 11.8 Å². The summed E-state index contributed by atoms with van der Waals surface area (Å²) in [5, 5.41) is 7.52. The molecule has 3 aromatic rings. The van der Waals surface area contributed by atoms with Crippen LogP contribution in [0.15, 0.2) is 71.7 Å². The maximum absolute atomic E-state index is 12.8. The first kappa shape index (κ1) is 18.6. The van der Waals surface area contributed by atoms with Crippen LogP contribution < -0.4 is 10.6 Å². The van der Waals surface area contributed by atoms with Gasteiger partial charge in [0.1, 0.15) is 5.70 Å². The fraction of sp³-hybridized carbons (Fsp3) is 0.0909. The van der Waals surface area contributed by atoms with E-state index in [1.165, 1.54) is 11.3 Å². The van der Waals surface area contributed by atoms with Crippen LogP contribution in [0.2, 0.25) is 0 Å². The van der Waals surface area contributed by atoms with Gasteiger partial charge in [-0.15, -0.1) is 11.3 Å². The summed E-state index contributed by atoms with van der Waals surface area (Å²) in [6.45, 7) is 3.88. The summed E-state index contributed by atoms with van der Waals surface area (Å²) >= 11 is 1.50. The molecule has 0 bridgehead atoms. The first-order chi connectivity index (χ1) is 13.0. The van der Waals surface area contributed by atoms with Gasteiger partial charge in [-0.05, 0) is 61.2 Å². The quantitative estimate of drug-likeness (QED) is 0.630. The van der Waals surface area contributed by atoms with E-state index in [0.29, 0.717) is 11.3 Å². The number of amides is 2. The molecule has 1 aromatic heterocycles. The van der Waals surface area contributed by atoms with Gasteiger partial charge in [0.15, 0.2) is 0 Å². The summed E-state index contributed by atoms with van der Waals surface area (Å²) in [6.07, 6.45) is 1.68. The Balaban J connectivity index is 1.85. The van der Waals surface area contributed by atoms with Crippen LogP contribution in [0.5, 0.6) is 0 Å². The third kappa shape index (κ3) is 5.15. The highest BCUT2D eigenvalue weighted by molar-refractivity contribution is 7.10. The summed E-state index contributed by atoms with van der Waals surface area (Å²) < 4.78 is 0. The number of benzene rings is 2. The van der Waals surface area contributed by atoms with Crippen LogP contribution in [0.25, 0.3) is 6.08 Å². The summed E-state index contributed by atoms with van der Waals surface area (Å²) in [6, 6.07) is 18.6. The van der Waals surface area contributed by atoms with Gasteiger partial charge in [-0.2, -0.15) is 0 Å². The van der Waals surface area contributed by atoms with E-state index in [1.54, 1.807) is 18.2 Å². The number of nitrogens with one attached hydrogen (secondary N) is 2. The van der Waals surface area contributed by atoms with Crippen molar-refractivity contribution in [3.63, 3.8) is 0 Å². The first-order valence-electron chi connectivity index (χ1n) is 8.52. The molecule has 0 radical (unpaired) electrons. The zero-order valence-electron chi connectivity index (χ0n) is 15.2. The van der Waals surface area contributed by atoms with Gasteiger partial charge in [0.05, 0.1) is 0 Å². The largest absolute Gasteiger partial charge is 0.321 e. The van der Waals surface area contributed by atoms with Crippen LogP contribution in [-0.2, 0) is 4.79 Å². The Morgan fingerprint density at radius 3 is 2.33 bits per heavy atom. The molecule has 4 nitrogen and oxygen atoms in total. The Morgan fingerprint density at radius 2 is 1.67 bits per heavy atom. The van der Waals surface area contributed by atoms with Crippen LogP contribution in [0.3, 0.4) is 0 Å². The van der Waals surface area contributed by atoms with Gasteiger partial charge in [-0.25, -0.2) is 0 Å². The molecule has 0 aliphatic carbocycles. The molecule has 27 heavy (non-hydrogen) atoms. The molecule has 2 amide bonds. The predicted molar refractivity (Wildman–Crippen MR) is 111 cm³/mol. The molecule has 2 aromatic carbocycles. The van der Waals surface area contributed by atoms with Crippen molar-refractivity contribution in [1.82, 2.24) is 5.32 Å². The van der Waals surface area contributed by atoms with Crippen molar-refractivity contribution in [2.24, 2.45) is 0 Å². The van der Waals surface area contributed by atoms with E-state index in [9.17, 15) is 9.59 Å². The molecular formula is C22H20N2O2S. The Hall–Kier alpha value is -3.18. The highest BCUT2D eigenvalue weighted by atomic mass is 32.1. The van der Waals surface area contributed by atoms with Gasteiger partial charge < -0.3 is 10.6 Å². The van der Waals surface area contributed by atoms with Crippen molar-refractivity contribution in [2.75, 3.05) is 5.32 Å². The molecule has 0 saturated heterocycles. The number of carbonyl (C=O) groups is 2. The van der Waals surface area contributed by atoms with Crippen LogP contribution in [0.1, 0.15) is 26.4 Å². The molecule has 0 aliphatic rings. The molecule has 0 aliphatic heterocycles. The lowest BCUT2D eigenvalue weighted by molar-refractivity contribution is -0.113. The number of thiophene rings is 1. The van der Waals surface area contributed by atoms with Crippen LogP contribution in [0, 0.1) is 13.8 Å². The highest BCUT2D eigenvalue weighted by Crippen LogP contribution is 2.16. The average Bonchev–Trinajstić information content (AvgIpc) is 3.14. The average molecular weight is 376 g/mol. The van der Waals surface area contributed by atoms with Crippen molar-refractivity contribution >= 4 is 34.9 Å². The molecule has 0 atom stereocenters. The van der Waals surface area contributed by atoms with E-state index >= 15 is 0 Å². The summed E-state index contributed by atoms with van der Waals surface area (Å²) in [5.74, 6) is -0.684. The molecule has 3 rings (SSSR count). The Morgan fingerprint density at radius 1 is 0.926 bits per heavy atom. The zero-order valence-corrected chi connectivity index (χ0v) is 16.0. The lowest BCUT2D eigenvalue weighted by atomic mass is 10.1. The summed E-state index contributed by atoms with van der Waals surface area (Å²) in [7, 11) is 0. The normalized spacial score (nSPS) is 11.1. The van der Waals surface area contributed by atoms with E-state index in [-0.39, 0.29) is 17.5 Å². The number of anilines is 1. The molecule has 0 spiro atoms. The fourth-order valence-electron chi connectivity index (χ4n) is 2.58. The number of aryl methyl sites for hydroxylation is 2. The van der Waals surface area contributed by atoms with Crippen molar-refractivity contribution in [2.45, 2.75) is 13.8 Å². The predicted octanol–water partition coefficient (Wildman–Crippen LogP) is 4.77. The Labute approximate surface area is 162 Å². The van der Waals surface area contributed by atoms with E-state index in [1.807, 2.05) is 67.8 Å². The van der Waals surface area contributed by atoms with E-state index in [2.05, 4.69) is 10.6 Å². The molecule has 5 heteroatoms. The minimum absolute atomic E-state index is 0.200. The maximum Gasteiger partial charge on any atom is 0.272 e. The molecule has 0 saturated carbocycles. The topological polar surface area (TPSA) is 58.2 Å². The van der Waals surface area contributed by atoms with Gasteiger partial charge in [0.2, 0.25) is 0 Å². The number of rotatable bonds is 5. The smallest absolute Gasteiger partial charge is 0.272 e. The third-order valence-corrected chi connectivity index (χ3v) is 4.70. The summed E-state index contributed by atoms with van der Waals surface area (Å²) in [5.41, 5.74) is 3.42. The number of hydrogen-bond acceptors (Lipinski definition) is 3. The highest BCUT2D eigenvalue weighted by Gasteiger charge is 2.15. The van der Waals surface area contributed by atoms with Crippen LogP contribution in [0.4, 0.5) is 5.69 Å². The van der Waals surface area contributed by atoms with Crippen LogP contribution in [-0.4, -0.2) is 11.8 Å². The maximum atomic E-state index is 12.8. The van der Waals surface area contributed by atoms with Crippen molar-refractivity contribution < 1.29 is 9.59 Å². The molecular weight excluding hydrogens is 356 g/mol. The fourth-order valence-corrected chi connectivity index (χ4v) is 3.23. The van der Waals surface area contributed by atoms with Gasteiger partial charge in [-0.1, -0.05) is 35.9 Å². The van der Waals surface area contributed by atoms with Gasteiger partial charge >= 0.3 is 0 Å². The second-order valence-electron chi connectivity index (χ2n) is 6.22. The zero-order chi connectivity index (χ0) is 19.2. The van der Waals surface area contributed by atoms with E-state index in [0.717, 1.165) is 16.0 Å². The van der Waals surface area contributed by atoms with E-state index in [4.69, 9.17) is 0 Å². The van der Waals surface area contributed by atoms with Crippen molar-refractivity contribution in [1.29, 1.82) is 0 Å². The van der Waals surface area contributed by atoms with Crippen molar-refractivity contribution in [3.8, 4) is 0 Å².